The van der Waals surface area contributed by atoms with Gasteiger partial charge in [-0.1, -0.05) is 31.2 Å². The van der Waals surface area contributed by atoms with E-state index in [1.165, 1.54) is 5.56 Å². The van der Waals surface area contributed by atoms with Gasteiger partial charge in [0.25, 0.3) is 5.91 Å². The van der Waals surface area contributed by atoms with Crippen LogP contribution in [0.2, 0.25) is 0 Å². The second-order valence-corrected chi connectivity index (χ2v) is 5.95. The molecule has 2 aromatic carbocycles. The zero-order chi connectivity index (χ0) is 18.4. The van der Waals surface area contributed by atoms with Crippen molar-refractivity contribution in [2.75, 3.05) is 6.54 Å². The fourth-order valence-corrected chi connectivity index (χ4v) is 2.53. The minimum Gasteiger partial charge on any atom is -0.424 e. The van der Waals surface area contributed by atoms with Gasteiger partial charge in [0.05, 0.1) is 0 Å². The molecule has 3 rings (SSSR count). The predicted octanol–water partition coefficient (Wildman–Crippen LogP) is 4.38. The first-order chi connectivity index (χ1) is 12.7. The standard InChI is InChI=1S/C21H21N3O2/c1-3-12-22-20(25)16-8-10-18(11-9-16)26-21-23-13-17(14-24-21)19-7-5-4-6-15(19)2/h4-11,13-14H,3,12H2,1-2H3,(H,22,25). The van der Waals surface area contributed by atoms with Crippen molar-refractivity contribution in [3.8, 4) is 22.9 Å². The number of ether oxygens (including phenoxy) is 1. The van der Waals surface area contributed by atoms with Crippen molar-refractivity contribution in [3.05, 3.63) is 72.1 Å². The van der Waals surface area contributed by atoms with Crippen LogP contribution in [0.4, 0.5) is 0 Å². The Bertz CT molecular complexity index is 875. The molecule has 1 amide bonds. The zero-order valence-corrected chi connectivity index (χ0v) is 14.9. The van der Waals surface area contributed by atoms with Gasteiger partial charge in [-0.05, 0) is 48.7 Å². The van der Waals surface area contributed by atoms with Crippen molar-refractivity contribution < 1.29 is 9.53 Å². The number of hydrogen-bond donors (Lipinski definition) is 1. The van der Waals surface area contributed by atoms with E-state index in [1.54, 1.807) is 36.7 Å². The summed E-state index contributed by atoms with van der Waals surface area (Å²) in [6, 6.07) is 15.3. The number of rotatable bonds is 6. The van der Waals surface area contributed by atoms with E-state index < -0.39 is 0 Å². The van der Waals surface area contributed by atoms with Crippen molar-refractivity contribution in [1.82, 2.24) is 15.3 Å². The van der Waals surface area contributed by atoms with Gasteiger partial charge < -0.3 is 10.1 Å². The Morgan fingerprint density at radius 2 is 1.73 bits per heavy atom. The molecular weight excluding hydrogens is 326 g/mol. The molecule has 3 aromatic rings. The quantitative estimate of drug-likeness (QED) is 0.718. The summed E-state index contributed by atoms with van der Waals surface area (Å²) in [5, 5.41) is 2.84. The molecule has 5 heteroatoms. The van der Waals surface area contributed by atoms with E-state index in [9.17, 15) is 4.79 Å². The topological polar surface area (TPSA) is 64.1 Å². The number of carbonyl (C=O) groups excluding carboxylic acids is 1. The van der Waals surface area contributed by atoms with E-state index in [1.807, 2.05) is 25.1 Å². The van der Waals surface area contributed by atoms with E-state index in [2.05, 4.69) is 28.3 Å². The minimum atomic E-state index is -0.0859. The number of aromatic nitrogens is 2. The highest BCUT2D eigenvalue weighted by atomic mass is 16.5. The number of hydrogen-bond acceptors (Lipinski definition) is 4. The van der Waals surface area contributed by atoms with Gasteiger partial charge in [-0.2, -0.15) is 0 Å². The fraction of sp³-hybridized carbons (Fsp3) is 0.190. The van der Waals surface area contributed by atoms with Crippen LogP contribution < -0.4 is 10.1 Å². The number of aryl methyl sites for hydroxylation is 1. The SMILES string of the molecule is CCCNC(=O)c1ccc(Oc2ncc(-c3ccccc3C)cn2)cc1. The Balaban J connectivity index is 1.68. The first-order valence-electron chi connectivity index (χ1n) is 8.61. The van der Waals surface area contributed by atoms with Crippen LogP contribution in [-0.4, -0.2) is 22.4 Å². The van der Waals surface area contributed by atoms with Crippen LogP contribution in [0.15, 0.2) is 60.9 Å². The summed E-state index contributed by atoms with van der Waals surface area (Å²) in [5.74, 6) is 0.498. The third-order valence-electron chi connectivity index (χ3n) is 3.95. The Morgan fingerprint density at radius 1 is 1.04 bits per heavy atom. The highest BCUT2D eigenvalue weighted by molar-refractivity contribution is 5.94. The van der Waals surface area contributed by atoms with Gasteiger partial charge in [0.2, 0.25) is 0 Å². The molecule has 0 aliphatic rings. The van der Waals surface area contributed by atoms with Crippen molar-refractivity contribution in [2.24, 2.45) is 0 Å². The van der Waals surface area contributed by atoms with Crippen LogP contribution in [0.25, 0.3) is 11.1 Å². The van der Waals surface area contributed by atoms with Crippen LogP contribution in [-0.2, 0) is 0 Å². The molecule has 0 bridgehead atoms. The monoisotopic (exact) mass is 347 g/mol. The van der Waals surface area contributed by atoms with Crippen molar-refractivity contribution in [3.63, 3.8) is 0 Å². The summed E-state index contributed by atoms with van der Waals surface area (Å²) in [4.78, 5) is 20.5. The molecule has 0 aliphatic carbocycles. The van der Waals surface area contributed by atoms with Crippen LogP contribution in [0.5, 0.6) is 11.8 Å². The summed E-state index contributed by atoms with van der Waals surface area (Å²) >= 11 is 0. The van der Waals surface area contributed by atoms with E-state index in [0.29, 0.717) is 17.9 Å². The third kappa shape index (κ3) is 4.25. The third-order valence-corrected chi connectivity index (χ3v) is 3.95. The van der Waals surface area contributed by atoms with Crippen LogP contribution in [0, 0.1) is 6.92 Å². The number of nitrogens with one attached hydrogen (secondary N) is 1. The van der Waals surface area contributed by atoms with E-state index in [4.69, 9.17) is 4.74 Å². The number of carbonyl (C=O) groups is 1. The molecule has 1 N–H and O–H groups in total. The van der Waals surface area contributed by atoms with E-state index in [-0.39, 0.29) is 11.9 Å². The molecule has 5 nitrogen and oxygen atoms in total. The number of amides is 1. The fourth-order valence-electron chi connectivity index (χ4n) is 2.53. The van der Waals surface area contributed by atoms with Gasteiger partial charge in [-0.15, -0.1) is 0 Å². The molecule has 26 heavy (non-hydrogen) atoms. The Kier molecular flexibility index (Phi) is 5.59. The average Bonchev–Trinajstić information content (AvgIpc) is 2.68. The number of nitrogens with zero attached hydrogens (tertiary/aromatic N) is 2. The number of benzene rings is 2. The molecule has 0 saturated carbocycles. The lowest BCUT2D eigenvalue weighted by Gasteiger charge is -2.08. The maximum Gasteiger partial charge on any atom is 0.321 e. The highest BCUT2D eigenvalue weighted by Gasteiger charge is 2.07. The van der Waals surface area contributed by atoms with Gasteiger partial charge in [0.1, 0.15) is 5.75 Å². The van der Waals surface area contributed by atoms with Gasteiger partial charge in [-0.3, -0.25) is 4.79 Å². The molecule has 0 spiro atoms. The lowest BCUT2D eigenvalue weighted by atomic mass is 10.0. The Morgan fingerprint density at radius 3 is 2.38 bits per heavy atom. The Hall–Kier alpha value is -3.21. The smallest absolute Gasteiger partial charge is 0.321 e. The zero-order valence-electron chi connectivity index (χ0n) is 14.9. The van der Waals surface area contributed by atoms with Gasteiger partial charge in [0.15, 0.2) is 0 Å². The largest absolute Gasteiger partial charge is 0.424 e. The second-order valence-electron chi connectivity index (χ2n) is 5.95. The van der Waals surface area contributed by atoms with Gasteiger partial charge >= 0.3 is 6.01 Å². The van der Waals surface area contributed by atoms with Crippen LogP contribution in [0.1, 0.15) is 29.3 Å². The maximum absolute atomic E-state index is 11.9. The molecule has 0 fully saturated rings. The normalized spacial score (nSPS) is 10.4. The summed E-state index contributed by atoms with van der Waals surface area (Å²) in [6.07, 6.45) is 4.40. The first kappa shape index (κ1) is 17.6. The van der Waals surface area contributed by atoms with E-state index in [0.717, 1.165) is 17.5 Å². The first-order valence-corrected chi connectivity index (χ1v) is 8.61. The van der Waals surface area contributed by atoms with E-state index >= 15 is 0 Å². The predicted molar refractivity (Wildman–Crippen MR) is 101 cm³/mol. The lowest BCUT2D eigenvalue weighted by molar-refractivity contribution is 0.0953. The molecule has 0 saturated heterocycles. The van der Waals surface area contributed by atoms with Gasteiger partial charge in [-0.25, -0.2) is 9.97 Å². The van der Waals surface area contributed by atoms with Crippen molar-refractivity contribution >= 4 is 5.91 Å². The van der Waals surface area contributed by atoms with Crippen molar-refractivity contribution in [1.29, 1.82) is 0 Å². The average molecular weight is 347 g/mol. The molecule has 1 aromatic heterocycles. The molecule has 1 heterocycles. The summed E-state index contributed by atoms with van der Waals surface area (Å²) in [5.41, 5.74) is 3.81. The maximum atomic E-state index is 11.9. The molecule has 0 aliphatic heterocycles. The summed E-state index contributed by atoms with van der Waals surface area (Å²) < 4.78 is 5.66. The lowest BCUT2D eigenvalue weighted by Crippen LogP contribution is -2.23. The molecule has 0 unspecified atom stereocenters. The molecule has 0 radical (unpaired) electrons. The molecule has 132 valence electrons. The van der Waals surface area contributed by atoms with Gasteiger partial charge in [0, 0.05) is 30.1 Å². The van der Waals surface area contributed by atoms with Crippen LogP contribution in [0.3, 0.4) is 0 Å². The van der Waals surface area contributed by atoms with Crippen molar-refractivity contribution in [2.45, 2.75) is 20.3 Å². The van der Waals surface area contributed by atoms with Crippen LogP contribution >= 0.6 is 0 Å². The highest BCUT2D eigenvalue weighted by Crippen LogP contribution is 2.24. The second kappa shape index (κ2) is 8.25. The summed E-state index contributed by atoms with van der Waals surface area (Å²) in [6.45, 7) is 4.73. The minimum absolute atomic E-state index is 0.0859. The molecular formula is C21H21N3O2. The molecule has 0 atom stereocenters. The Labute approximate surface area is 153 Å². The summed E-state index contributed by atoms with van der Waals surface area (Å²) in [7, 11) is 0.